The molecule has 1 aliphatic rings. The Morgan fingerprint density at radius 1 is 1.22 bits per heavy atom. The summed E-state index contributed by atoms with van der Waals surface area (Å²) in [5.74, 6) is -0.392. The largest absolute Gasteiger partial charge is 0.351 e. The fraction of sp³-hybridized carbons (Fsp3) is 0.571. The first-order valence-corrected chi connectivity index (χ1v) is 6.32. The highest BCUT2D eigenvalue weighted by molar-refractivity contribution is 5.18. The summed E-state index contributed by atoms with van der Waals surface area (Å²) in [5, 5.41) is 0. The van der Waals surface area contributed by atoms with E-state index in [2.05, 4.69) is 17.0 Å². The van der Waals surface area contributed by atoms with E-state index in [9.17, 15) is 0 Å². The number of benzene rings is 1. The van der Waals surface area contributed by atoms with Crippen molar-refractivity contribution in [2.45, 2.75) is 18.2 Å². The molecule has 0 amide bonds. The summed E-state index contributed by atoms with van der Waals surface area (Å²) in [4.78, 5) is 2.30. The van der Waals surface area contributed by atoms with Gasteiger partial charge in [0.1, 0.15) is 0 Å². The van der Waals surface area contributed by atoms with Gasteiger partial charge in [-0.1, -0.05) is 30.3 Å². The molecule has 2 N–H and O–H groups in total. The zero-order chi connectivity index (χ0) is 13.0. The van der Waals surface area contributed by atoms with Gasteiger partial charge in [-0.25, -0.2) is 0 Å². The predicted octanol–water partition coefficient (Wildman–Crippen LogP) is 1.38. The van der Waals surface area contributed by atoms with Crippen LogP contribution in [-0.4, -0.2) is 44.5 Å². The average molecular weight is 250 g/mol. The van der Waals surface area contributed by atoms with Crippen molar-refractivity contribution in [3.63, 3.8) is 0 Å². The number of hydrogen-bond donors (Lipinski definition) is 1. The minimum Gasteiger partial charge on any atom is -0.351 e. The van der Waals surface area contributed by atoms with E-state index in [1.807, 2.05) is 18.2 Å². The lowest BCUT2D eigenvalue weighted by Gasteiger charge is -2.47. The second-order valence-corrected chi connectivity index (χ2v) is 4.84. The van der Waals surface area contributed by atoms with Gasteiger partial charge in [0.25, 0.3) is 0 Å². The van der Waals surface area contributed by atoms with Crippen molar-refractivity contribution < 1.29 is 9.47 Å². The normalized spacial score (nSPS) is 20.4. The van der Waals surface area contributed by atoms with Gasteiger partial charge in [-0.15, -0.1) is 0 Å². The summed E-state index contributed by atoms with van der Waals surface area (Å²) in [6.45, 7) is 2.62. The van der Waals surface area contributed by atoms with E-state index >= 15 is 0 Å². The molecular formula is C14H22N2O2. The van der Waals surface area contributed by atoms with Crippen molar-refractivity contribution in [1.29, 1.82) is 0 Å². The van der Waals surface area contributed by atoms with E-state index in [1.165, 1.54) is 5.56 Å². The molecule has 0 saturated carbocycles. The average Bonchev–Trinajstić information content (AvgIpc) is 2.39. The van der Waals surface area contributed by atoms with Gasteiger partial charge in [0.05, 0.1) is 13.1 Å². The van der Waals surface area contributed by atoms with Gasteiger partial charge in [-0.2, -0.15) is 0 Å². The molecule has 18 heavy (non-hydrogen) atoms. The zero-order valence-electron chi connectivity index (χ0n) is 11.1. The quantitative estimate of drug-likeness (QED) is 0.775. The first-order valence-electron chi connectivity index (χ1n) is 6.32. The van der Waals surface area contributed by atoms with Gasteiger partial charge in [0.15, 0.2) is 5.79 Å². The molecule has 1 fully saturated rings. The molecule has 1 aliphatic heterocycles. The first-order chi connectivity index (χ1) is 8.69. The van der Waals surface area contributed by atoms with E-state index in [4.69, 9.17) is 15.2 Å². The van der Waals surface area contributed by atoms with E-state index in [1.54, 1.807) is 14.2 Å². The highest BCUT2D eigenvalue weighted by atomic mass is 16.7. The van der Waals surface area contributed by atoms with Crippen molar-refractivity contribution in [2.75, 3.05) is 33.9 Å². The van der Waals surface area contributed by atoms with Crippen molar-refractivity contribution >= 4 is 0 Å². The molecule has 0 radical (unpaired) electrons. The smallest absolute Gasteiger partial charge is 0.193 e. The van der Waals surface area contributed by atoms with Crippen LogP contribution in [0.2, 0.25) is 0 Å². The molecule has 1 aromatic carbocycles. The number of methoxy groups -OCH3 is 2. The lowest BCUT2D eigenvalue weighted by Crippen LogP contribution is -2.64. The molecule has 1 atom stereocenters. The lowest BCUT2D eigenvalue weighted by atomic mass is 10.0. The number of likely N-dealkylation sites (tertiary alicyclic amines) is 1. The van der Waals surface area contributed by atoms with Crippen LogP contribution < -0.4 is 5.73 Å². The Balaban J connectivity index is 1.74. The predicted molar refractivity (Wildman–Crippen MR) is 71.2 cm³/mol. The molecule has 1 aromatic rings. The van der Waals surface area contributed by atoms with E-state index in [0.717, 1.165) is 26.1 Å². The maximum absolute atomic E-state index is 6.17. The Kier molecular flexibility index (Phi) is 4.35. The maximum atomic E-state index is 6.17. The van der Waals surface area contributed by atoms with E-state index in [0.29, 0.717) is 0 Å². The number of ether oxygens (including phenoxy) is 2. The summed E-state index contributed by atoms with van der Waals surface area (Å²) in [7, 11) is 3.38. The fourth-order valence-corrected chi connectivity index (χ4v) is 2.32. The Bertz CT molecular complexity index is 357. The van der Waals surface area contributed by atoms with Crippen molar-refractivity contribution in [3.05, 3.63) is 35.9 Å². The van der Waals surface area contributed by atoms with Gasteiger partial charge in [0.2, 0.25) is 0 Å². The maximum Gasteiger partial charge on any atom is 0.193 e. The molecule has 0 bridgehead atoms. The van der Waals surface area contributed by atoms with Crippen molar-refractivity contribution in [2.24, 2.45) is 5.73 Å². The highest BCUT2D eigenvalue weighted by Crippen LogP contribution is 2.26. The van der Waals surface area contributed by atoms with Crippen LogP contribution in [0, 0.1) is 0 Å². The molecule has 4 heteroatoms. The Morgan fingerprint density at radius 2 is 1.83 bits per heavy atom. The minimum absolute atomic E-state index is 0.103. The second-order valence-electron chi connectivity index (χ2n) is 4.84. The molecule has 1 saturated heterocycles. The van der Waals surface area contributed by atoms with Gasteiger partial charge < -0.3 is 15.2 Å². The molecule has 100 valence electrons. The Morgan fingerprint density at radius 3 is 2.39 bits per heavy atom. The molecule has 1 heterocycles. The molecular weight excluding hydrogens is 228 g/mol. The van der Waals surface area contributed by atoms with Crippen molar-refractivity contribution in [1.82, 2.24) is 4.90 Å². The fourth-order valence-electron chi connectivity index (χ4n) is 2.32. The van der Waals surface area contributed by atoms with Crippen LogP contribution in [-0.2, 0) is 9.47 Å². The molecule has 0 spiro atoms. The highest BCUT2D eigenvalue weighted by Gasteiger charge is 2.43. The number of nitrogens with two attached hydrogens (primary N) is 1. The SMILES string of the molecule is COC1(OC)CN(CCC(N)c2ccccc2)C1. The number of rotatable bonds is 6. The summed E-state index contributed by atoms with van der Waals surface area (Å²) in [6, 6.07) is 10.3. The third kappa shape index (κ3) is 2.90. The van der Waals surface area contributed by atoms with Crippen LogP contribution in [0.4, 0.5) is 0 Å². The van der Waals surface area contributed by atoms with Crippen molar-refractivity contribution in [3.8, 4) is 0 Å². The second kappa shape index (κ2) is 5.80. The van der Waals surface area contributed by atoms with Gasteiger partial charge in [-0.05, 0) is 12.0 Å². The van der Waals surface area contributed by atoms with Gasteiger partial charge >= 0.3 is 0 Å². The molecule has 4 nitrogen and oxygen atoms in total. The van der Waals surface area contributed by atoms with Crippen LogP contribution in [0.5, 0.6) is 0 Å². The molecule has 1 unspecified atom stereocenters. The van der Waals surface area contributed by atoms with Crippen LogP contribution in [0.25, 0.3) is 0 Å². The first kappa shape index (κ1) is 13.5. The summed E-state index contributed by atoms with van der Waals surface area (Å²) < 4.78 is 10.7. The van der Waals surface area contributed by atoms with Crippen LogP contribution in [0.3, 0.4) is 0 Å². The van der Waals surface area contributed by atoms with Crippen LogP contribution >= 0.6 is 0 Å². The Hall–Kier alpha value is -0.940. The summed E-state index contributed by atoms with van der Waals surface area (Å²) in [5.41, 5.74) is 7.36. The third-order valence-corrected chi connectivity index (χ3v) is 3.66. The minimum atomic E-state index is -0.392. The topological polar surface area (TPSA) is 47.7 Å². The molecule has 2 rings (SSSR count). The van der Waals surface area contributed by atoms with Crippen LogP contribution in [0.15, 0.2) is 30.3 Å². The zero-order valence-corrected chi connectivity index (χ0v) is 11.1. The van der Waals surface area contributed by atoms with Gasteiger partial charge in [-0.3, -0.25) is 4.90 Å². The molecule has 0 aliphatic carbocycles. The summed E-state index contributed by atoms with van der Waals surface area (Å²) in [6.07, 6.45) is 0.952. The lowest BCUT2D eigenvalue weighted by molar-refractivity contribution is -0.275. The summed E-state index contributed by atoms with van der Waals surface area (Å²) >= 11 is 0. The van der Waals surface area contributed by atoms with E-state index < -0.39 is 5.79 Å². The van der Waals surface area contributed by atoms with Crippen LogP contribution in [0.1, 0.15) is 18.0 Å². The Labute approximate surface area is 109 Å². The number of hydrogen-bond acceptors (Lipinski definition) is 4. The third-order valence-electron chi connectivity index (χ3n) is 3.66. The molecule has 0 aromatic heterocycles. The van der Waals surface area contributed by atoms with Gasteiger partial charge in [0, 0.05) is 26.8 Å². The standard InChI is InChI=1S/C14H22N2O2/c1-17-14(18-2)10-16(11-14)9-8-13(15)12-6-4-3-5-7-12/h3-7,13H,8-11,15H2,1-2H3. The van der Waals surface area contributed by atoms with E-state index in [-0.39, 0.29) is 6.04 Å². The number of nitrogens with zero attached hydrogens (tertiary/aromatic N) is 1. The monoisotopic (exact) mass is 250 g/mol.